The molecule has 0 saturated heterocycles. The number of amides is 2. The highest BCUT2D eigenvalue weighted by molar-refractivity contribution is 5.88. The summed E-state index contributed by atoms with van der Waals surface area (Å²) in [5.74, 6) is -0.195. The van der Waals surface area contributed by atoms with Gasteiger partial charge in [-0.15, -0.1) is 0 Å². The van der Waals surface area contributed by atoms with Gasteiger partial charge in [0.05, 0.1) is 6.42 Å². The molecular weight excluding hydrogens is 348 g/mol. The van der Waals surface area contributed by atoms with Gasteiger partial charge in [0.1, 0.15) is 6.04 Å². The third kappa shape index (κ3) is 6.52. The topological polar surface area (TPSA) is 49.4 Å². The van der Waals surface area contributed by atoms with Crippen LogP contribution in [0, 0.1) is 13.8 Å². The highest BCUT2D eigenvalue weighted by Crippen LogP contribution is 2.15. The number of nitrogens with zero attached hydrogens (tertiary/aromatic N) is 1. The maximum Gasteiger partial charge on any atom is 0.242 e. The van der Waals surface area contributed by atoms with Crippen molar-refractivity contribution in [3.05, 3.63) is 70.8 Å². The van der Waals surface area contributed by atoms with E-state index in [1.54, 1.807) is 11.8 Å². The lowest BCUT2D eigenvalue weighted by molar-refractivity contribution is -0.140. The quantitative estimate of drug-likeness (QED) is 0.817. The summed E-state index contributed by atoms with van der Waals surface area (Å²) in [7, 11) is 0. The fourth-order valence-electron chi connectivity index (χ4n) is 3.05. The first kappa shape index (κ1) is 21.7. The maximum absolute atomic E-state index is 13.1. The fraction of sp³-hybridized carbons (Fsp3) is 0.417. The summed E-state index contributed by atoms with van der Waals surface area (Å²) in [6.07, 6.45) is 0.277. The van der Waals surface area contributed by atoms with E-state index in [0.717, 1.165) is 22.3 Å². The molecule has 0 aromatic heterocycles. The van der Waals surface area contributed by atoms with E-state index in [9.17, 15) is 9.59 Å². The van der Waals surface area contributed by atoms with E-state index in [2.05, 4.69) is 11.4 Å². The number of hydrogen-bond acceptors (Lipinski definition) is 2. The zero-order valence-electron chi connectivity index (χ0n) is 17.9. The number of nitrogens with one attached hydrogen (secondary N) is 1. The Bertz CT molecular complexity index is 819. The maximum atomic E-state index is 13.1. The van der Waals surface area contributed by atoms with E-state index < -0.39 is 6.04 Å². The van der Waals surface area contributed by atoms with Crippen LogP contribution in [0.1, 0.15) is 49.9 Å². The van der Waals surface area contributed by atoms with Crippen LogP contribution in [-0.2, 0) is 22.6 Å². The van der Waals surface area contributed by atoms with Crippen molar-refractivity contribution in [2.45, 2.75) is 66.1 Å². The average Bonchev–Trinajstić information content (AvgIpc) is 2.59. The number of benzene rings is 2. The summed E-state index contributed by atoms with van der Waals surface area (Å²) in [5.41, 5.74) is 3.92. The van der Waals surface area contributed by atoms with Crippen molar-refractivity contribution in [1.82, 2.24) is 10.2 Å². The summed E-state index contributed by atoms with van der Waals surface area (Å²) >= 11 is 0. The SMILES string of the molecule is Cc1ccc(CC(=O)N(Cc2cccc(C)c2)[C@H](C)C(=O)NC(C)(C)C)cc1. The molecular formula is C24H32N2O2. The van der Waals surface area contributed by atoms with E-state index in [1.165, 1.54) is 0 Å². The predicted molar refractivity (Wildman–Crippen MR) is 114 cm³/mol. The number of aryl methyl sites for hydroxylation is 2. The molecule has 1 atom stereocenters. The summed E-state index contributed by atoms with van der Waals surface area (Å²) in [5, 5.41) is 2.99. The van der Waals surface area contributed by atoms with Crippen LogP contribution >= 0.6 is 0 Å². The van der Waals surface area contributed by atoms with Crippen molar-refractivity contribution >= 4 is 11.8 Å². The Hall–Kier alpha value is -2.62. The normalized spacial score (nSPS) is 12.4. The Labute approximate surface area is 169 Å². The number of carbonyl (C=O) groups excluding carboxylic acids is 2. The summed E-state index contributed by atoms with van der Waals surface area (Å²) in [6, 6.07) is 15.4. The van der Waals surface area contributed by atoms with Gasteiger partial charge >= 0.3 is 0 Å². The minimum Gasteiger partial charge on any atom is -0.350 e. The lowest BCUT2D eigenvalue weighted by Gasteiger charge is -2.31. The van der Waals surface area contributed by atoms with Crippen molar-refractivity contribution in [2.75, 3.05) is 0 Å². The zero-order chi connectivity index (χ0) is 20.9. The van der Waals surface area contributed by atoms with Crippen LogP contribution in [0.3, 0.4) is 0 Å². The molecule has 0 fully saturated rings. The van der Waals surface area contributed by atoms with Gasteiger partial charge in [-0.25, -0.2) is 0 Å². The minimum absolute atomic E-state index is 0.0538. The molecule has 0 unspecified atom stereocenters. The van der Waals surface area contributed by atoms with Crippen molar-refractivity contribution in [1.29, 1.82) is 0 Å². The number of hydrogen-bond donors (Lipinski definition) is 1. The third-order valence-electron chi connectivity index (χ3n) is 4.58. The monoisotopic (exact) mass is 380 g/mol. The Morgan fingerprint density at radius 3 is 2.18 bits per heavy atom. The first-order valence-corrected chi connectivity index (χ1v) is 9.78. The van der Waals surface area contributed by atoms with Gasteiger partial charge in [0.2, 0.25) is 11.8 Å². The van der Waals surface area contributed by atoms with Gasteiger partial charge in [0, 0.05) is 12.1 Å². The van der Waals surface area contributed by atoms with Gasteiger partial charge in [-0.1, -0.05) is 59.7 Å². The molecule has 0 bridgehead atoms. The van der Waals surface area contributed by atoms with Gasteiger partial charge in [-0.05, 0) is 52.7 Å². The molecule has 4 heteroatoms. The van der Waals surface area contributed by atoms with Crippen LogP contribution in [0.25, 0.3) is 0 Å². The van der Waals surface area contributed by atoms with E-state index in [1.807, 2.05) is 77.1 Å². The van der Waals surface area contributed by atoms with Crippen LogP contribution in [0.15, 0.2) is 48.5 Å². The van der Waals surface area contributed by atoms with Gasteiger partial charge in [-0.2, -0.15) is 0 Å². The first-order valence-electron chi connectivity index (χ1n) is 9.78. The second kappa shape index (κ2) is 9.05. The highest BCUT2D eigenvalue weighted by atomic mass is 16.2. The number of rotatable bonds is 6. The lowest BCUT2D eigenvalue weighted by atomic mass is 10.1. The van der Waals surface area contributed by atoms with Gasteiger partial charge in [-0.3, -0.25) is 9.59 Å². The van der Waals surface area contributed by atoms with Crippen LogP contribution in [-0.4, -0.2) is 28.3 Å². The van der Waals surface area contributed by atoms with Gasteiger partial charge in [0.25, 0.3) is 0 Å². The van der Waals surface area contributed by atoms with Crippen molar-refractivity contribution < 1.29 is 9.59 Å². The zero-order valence-corrected chi connectivity index (χ0v) is 17.9. The molecule has 1 N–H and O–H groups in total. The van der Waals surface area contributed by atoms with Crippen molar-refractivity contribution in [2.24, 2.45) is 0 Å². The Balaban J connectivity index is 2.24. The summed E-state index contributed by atoms with van der Waals surface area (Å²) in [6.45, 7) is 12.1. The van der Waals surface area contributed by atoms with Gasteiger partial charge < -0.3 is 10.2 Å². The molecule has 0 aliphatic heterocycles. The molecule has 0 heterocycles. The molecule has 2 rings (SSSR count). The molecule has 0 spiro atoms. The molecule has 150 valence electrons. The van der Waals surface area contributed by atoms with Crippen LogP contribution < -0.4 is 5.32 Å². The predicted octanol–water partition coefficient (Wildman–Crippen LogP) is 4.18. The van der Waals surface area contributed by atoms with Crippen LogP contribution in [0.2, 0.25) is 0 Å². The van der Waals surface area contributed by atoms with E-state index in [4.69, 9.17) is 0 Å². The molecule has 0 aliphatic rings. The second-order valence-corrected chi connectivity index (χ2v) is 8.59. The highest BCUT2D eigenvalue weighted by Gasteiger charge is 2.28. The summed E-state index contributed by atoms with van der Waals surface area (Å²) in [4.78, 5) is 27.6. The molecule has 2 amide bonds. The Morgan fingerprint density at radius 2 is 1.61 bits per heavy atom. The minimum atomic E-state index is -0.558. The van der Waals surface area contributed by atoms with E-state index in [0.29, 0.717) is 6.54 Å². The van der Waals surface area contributed by atoms with Gasteiger partial charge in [0.15, 0.2) is 0 Å². The largest absolute Gasteiger partial charge is 0.350 e. The van der Waals surface area contributed by atoms with E-state index in [-0.39, 0.29) is 23.8 Å². The molecule has 0 aliphatic carbocycles. The second-order valence-electron chi connectivity index (χ2n) is 8.59. The van der Waals surface area contributed by atoms with Crippen molar-refractivity contribution in [3.8, 4) is 0 Å². The molecule has 2 aromatic carbocycles. The standard InChI is InChI=1S/C24H32N2O2/c1-17-10-12-20(13-11-17)15-22(27)26(16-21-9-7-8-18(2)14-21)19(3)23(28)25-24(4,5)6/h7-14,19H,15-16H2,1-6H3,(H,25,28)/t19-/m1/s1. The fourth-order valence-corrected chi connectivity index (χ4v) is 3.05. The van der Waals surface area contributed by atoms with Crippen LogP contribution in [0.4, 0.5) is 0 Å². The average molecular weight is 381 g/mol. The summed E-state index contributed by atoms with van der Waals surface area (Å²) < 4.78 is 0. The number of carbonyl (C=O) groups is 2. The van der Waals surface area contributed by atoms with E-state index >= 15 is 0 Å². The molecule has 4 nitrogen and oxygen atoms in total. The first-order chi connectivity index (χ1) is 13.0. The molecule has 0 radical (unpaired) electrons. The third-order valence-corrected chi connectivity index (χ3v) is 4.58. The lowest BCUT2D eigenvalue weighted by Crippen LogP contribution is -2.52. The van der Waals surface area contributed by atoms with Crippen molar-refractivity contribution in [3.63, 3.8) is 0 Å². The molecule has 28 heavy (non-hydrogen) atoms. The molecule has 0 saturated carbocycles. The molecule has 2 aromatic rings. The smallest absolute Gasteiger partial charge is 0.242 e. The Morgan fingerprint density at radius 1 is 0.964 bits per heavy atom. The Kier molecular flexibility index (Phi) is 7.00. The van der Waals surface area contributed by atoms with Crippen LogP contribution in [0.5, 0.6) is 0 Å².